The molecule has 0 aromatic heterocycles. The molecule has 4 heteroatoms. The quantitative estimate of drug-likeness (QED) is 0.543. The molecule has 2 N–H and O–H groups in total. The number of rotatable bonds is 2. The minimum Gasteiger partial charge on any atom is -0.316 e. The molecule has 1 saturated heterocycles. The van der Waals surface area contributed by atoms with Crippen molar-refractivity contribution in [3.05, 3.63) is 12.7 Å². The number of imide groups is 1. The van der Waals surface area contributed by atoms with Gasteiger partial charge in [0, 0.05) is 6.54 Å². The topological polar surface area (TPSA) is 58.2 Å². The molecule has 0 aliphatic carbocycles. The van der Waals surface area contributed by atoms with E-state index in [-0.39, 0.29) is 11.8 Å². The molecule has 1 aliphatic heterocycles. The van der Waals surface area contributed by atoms with Crippen molar-refractivity contribution in [1.82, 2.24) is 10.6 Å². The molecule has 0 saturated carbocycles. The van der Waals surface area contributed by atoms with E-state index in [1.807, 2.05) is 0 Å². The molecule has 1 unspecified atom stereocenters. The molecular formula is C8H12N2O2. The first-order chi connectivity index (χ1) is 5.74. The lowest BCUT2D eigenvalue weighted by Gasteiger charge is -2.05. The minimum absolute atomic E-state index is 0.0612. The highest BCUT2D eigenvalue weighted by Crippen LogP contribution is 2.06. The van der Waals surface area contributed by atoms with E-state index < -0.39 is 5.91 Å². The summed E-state index contributed by atoms with van der Waals surface area (Å²) in [5.41, 5.74) is 0. The Kier molecular flexibility index (Phi) is 2.99. The fraction of sp³-hybridized carbons (Fsp3) is 0.500. The highest BCUT2D eigenvalue weighted by atomic mass is 16.2. The van der Waals surface area contributed by atoms with Crippen LogP contribution in [0.3, 0.4) is 0 Å². The highest BCUT2D eigenvalue weighted by Gasteiger charge is 2.22. The Labute approximate surface area is 71.0 Å². The van der Waals surface area contributed by atoms with E-state index in [0.29, 0.717) is 6.54 Å². The van der Waals surface area contributed by atoms with E-state index in [0.717, 1.165) is 19.0 Å². The van der Waals surface area contributed by atoms with E-state index in [1.165, 1.54) is 0 Å². The van der Waals surface area contributed by atoms with Crippen molar-refractivity contribution in [3.63, 3.8) is 0 Å². The second-order valence-electron chi connectivity index (χ2n) is 2.75. The summed E-state index contributed by atoms with van der Waals surface area (Å²) >= 11 is 0. The van der Waals surface area contributed by atoms with Gasteiger partial charge in [-0.1, -0.05) is 6.58 Å². The second kappa shape index (κ2) is 4.01. The summed E-state index contributed by atoms with van der Waals surface area (Å²) in [6, 6.07) is 0. The molecule has 12 heavy (non-hydrogen) atoms. The summed E-state index contributed by atoms with van der Waals surface area (Å²) in [5, 5.41) is 5.28. The van der Waals surface area contributed by atoms with Gasteiger partial charge in [-0.05, 0) is 19.0 Å². The number of nitrogens with one attached hydrogen (secondary N) is 2. The Morgan fingerprint density at radius 2 is 2.33 bits per heavy atom. The van der Waals surface area contributed by atoms with Crippen LogP contribution in [0.5, 0.6) is 0 Å². The summed E-state index contributed by atoms with van der Waals surface area (Å²) in [5.74, 6) is -0.689. The lowest BCUT2D eigenvalue weighted by Crippen LogP contribution is -2.35. The lowest BCUT2D eigenvalue weighted by atomic mass is 10.1. The predicted octanol–water partition coefficient (Wildman–Crippen LogP) is -0.575. The molecule has 4 nitrogen and oxygen atoms in total. The van der Waals surface area contributed by atoms with E-state index >= 15 is 0 Å². The monoisotopic (exact) mass is 168 g/mol. The molecule has 2 amide bonds. The smallest absolute Gasteiger partial charge is 0.249 e. The molecular weight excluding hydrogens is 156 g/mol. The average Bonchev–Trinajstić information content (AvgIpc) is 2.56. The summed E-state index contributed by atoms with van der Waals surface area (Å²) < 4.78 is 0. The maximum atomic E-state index is 11.2. The normalized spacial score (nSPS) is 21.8. The van der Waals surface area contributed by atoms with Crippen molar-refractivity contribution in [2.24, 2.45) is 5.92 Å². The maximum absolute atomic E-state index is 11.2. The molecule has 0 aromatic carbocycles. The van der Waals surface area contributed by atoms with Crippen LogP contribution in [0.2, 0.25) is 0 Å². The third kappa shape index (κ3) is 2.17. The van der Waals surface area contributed by atoms with Crippen LogP contribution in [-0.4, -0.2) is 24.9 Å². The van der Waals surface area contributed by atoms with E-state index in [2.05, 4.69) is 17.2 Å². The molecule has 1 heterocycles. The minimum atomic E-state index is -0.424. The van der Waals surface area contributed by atoms with Crippen molar-refractivity contribution >= 4 is 11.8 Å². The molecule has 1 fully saturated rings. The summed E-state index contributed by atoms with van der Waals surface area (Å²) in [6.45, 7) is 4.77. The predicted molar refractivity (Wildman–Crippen MR) is 44.3 cm³/mol. The van der Waals surface area contributed by atoms with Gasteiger partial charge in [0.05, 0.1) is 5.92 Å². The van der Waals surface area contributed by atoms with Crippen molar-refractivity contribution in [2.75, 3.05) is 13.1 Å². The fourth-order valence-electron chi connectivity index (χ4n) is 1.15. The number of amides is 2. The highest BCUT2D eigenvalue weighted by molar-refractivity contribution is 6.01. The van der Waals surface area contributed by atoms with Crippen LogP contribution in [-0.2, 0) is 9.59 Å². The SMILES string of the molecule is C=CC(=O)NC(=O)C1CCNC1. The number of carbonyl (C=O) groups excluding carboxylic acids is 2. The van der Waals surface area contributed by atoms with Crippen LogP contribution in [0, 0.1) is 5.92 Å². The van der Waals surface area contributed by atoms with Gasteiger partial charge in [-0.15, -0.1) is 0 Å². The van der Waals surface area contributed by atoms with Gasteiger partial charge in [-0.25, -0.2) is 0 Å². The van der Waals surface area contributed by atoms with Gasteiger partial charge in [-0.2, -0.15) is 0 Å². The van der Waals surface area contributed by atoms with Crippen molar-refractivity contribution in [3.8, 4) is 0 Å². The van der Waals surface area contributed by atoms with Crippen LogP contribution in [0.15, 0.2) is 12.7 Å². The molecule has 1 aliphatic rings. The van der Waals surface area contributed by atoms with Crippen LogP contribution in [0.25, 0.3) is 0 Å². The maximum Gasteiger partial charge on any atom is 0.249 e. The first kappa shape index (κ1) is 8.93. The zero-order valence-electron chi connectivity index (χ0n) is 6.80. The lowest BCUT2D eigenvalue weighted by molar-refractivity contribution is -0.130. The number of carbonyl (C=O) groups is 2. The second-order valence-corrected chi connectivity index (χ2v) is 2.75. The summed E-state index contributed by atoms with van der Waals surface area (Å²) in [7, 11) is 0. The first-order valence-corrected chi connectivity index (χ1v) is 3.92. The Morgan fingerprint density at radius 1 is 1.58 bits per heavy atom. The Bertz CT molecular complexity index is 207. The van der Waals surface area contributed by atoms with Crippen LogP contribution < -0.4 is 10.6 Å². The van der Waals surface area contributed by atoms with E-state index in [4.69, 9.17) is 0 Å². The van der Waals surface area contributed by atoms with Crippen molar-refractivity contribution in [2.45, 2.75) is 6.42 Å². The van der Waals surface area contributed by atoms with Crippen molar-refractivity contribution in [1.29, 1.82) is 0 Å². The van der Waals surface area contributed by atoms with Gasteiger partial charge in [0.25, 0.3) is 0 Å². The van der Waals surface area contributed by atoms with Gasteiger partial charge in [0.1, 0.15) is 0 Å². The van der Waals surface area contributed by atoms with Gasteiger partial charge in [0.15, 0.2) is 0 Å². The third-order valence-corrected chi connectivity index (χ3v) is 1.86. The number of hydrogen-bond acceptors (Lipinski definition) is 3. The van der Waals surface area contributed by atoms with E-state index in [9.17, 15) is 9.59 Å². The first-order valence-electron chi connectivity index (χ1n) is 3.92. The zero-order chi connectivity index (χ0) is 8.97. The van der Waals surface area contributed by atoms with Gasteiger partial charge in [-0.3, -0.25) is 14.9 Å². The third-order valence-electron chi connectivity index (χ3n) is 1.86. The van der Waals surface area contributed by atoms with Gasteiger partial charge >= 0.3 is 0 Å². The molecule has 0 radical (unpaired) electrons. The molecule has 0 aromatic rings. The Hall–Kier alpha value is -1.16. The molecule has 0 bridgehead atoms. The Morgan fingerprint density at radius 3 is 2.83 bits per heavy atom. The summed E-state index contributed by atoms with van der Waals surface area (Å²) in [6.07, 6.45) is 1.90. The fourth-order valence-corrected chi connectivity index (χ4v) is 1.15. The average molecular weight is 168 g/mol. The molecule has 1 rings (SSSR count). The zero-order valence-corrected chi connectivity index (χ0v) is 6.80. The number of hydrogen-bond donors (Lipinski definition) is 2. The standard InChI is InChI=1S/C8H12N2O2/c1-2-7(11)10-8(12)6-3-4-9-5-6/h2,6,9H,1,3-5H2,(H,10,11,12). The Balaban J connectivity index is 2.36. The van der Waals surface area contributed by atoms with Gasteiger partial charge < -0.3 is 5.32 Å². The molecule has 66 valence electrons. The molecule has 1 atom stereocenters. The van der Waals surface area contributed by atoms with Crippen LogP contribution in [0.1, 0.15) is 6.42 Å². The van der Waals surface area contributed by atoms with Gasteiger partial charge in [0.2, 0.25) is 11.8 Å². The largest absolute Gasteiger partial charge is 0.316 e. The van der Waals surface area contributed by atoms with E-state index in [1.54, 1.807) is 0 Å². The molecule has 0 spiro atoms. The van der Waals surface area contributed by atoms with Crippen molar-refractivity contribution < 1.29 is 9.59 Å². The van der Waals surface area contributed by atoms with Crippen LogP contribution in [0.4, 0.5) is 0 Å². The van der Waals surface area contributed by atoms with Crippen LogP contribution >= 0.6 is 0 Å². The summed E-state index contributed by atoms with van der Waals surface area (Å²) in [4.78, 5) is 21.9.